The van der Waals surface area contributed by atoms with Gasteiger partial charge in [-0.05, 0) is 73.9 Å². The van der Waals surface area contributed by atoms with Crippen LogP contribution in [-0.2, 0) is 24.5 Å². The average Bonchev–Trinajstić information content (AvgIpc) is 3.52. The monoisotopic (exact) mass is 598 g/mol. The van der Waals surface area contributed by atoms with Crippen molar-refractivity contribution < 1.29 is 37.4 Å². The van der Waals surface area contributed by atoms with Gasteiger partial charge in [-0.25, -0.2) is 23.4 Å². The Hall–Kier alpha value is -2.93. The fraction of sp³-hybridized carbons (Fsp3) is 0.643. The molecule has 0 bridgehead atoms. The number of benzene rings is 1. The van der Waals surface area contributed by atoms with Crippen LogP contribution in [-0.4, -0.2) is 75.8 Å². The molecule has 13 heteroatoms. The Balaban J connectivity index is 0.000000496. The molecule has 1 saturated heterocycles. The van der Waals surface area contributed by atoms with Crippen LogP contribution in [0.2, 0.25) is 0 Å². The molecule has 0 radical (unpaired) electrons. The summed E-state index contributed by atoms with van der Waals surface area (Å²) in [6.07, 6.45) is -0.449. The van der Waals surface area contributed by atoms with Crippen LogP contribution in [0.25, 0.3) is 0 Å². The molecule has 3 atom stereocenters. The lowest BCUT2D eigenvalue weighted by molar-refractivity contribution is -0.121. The van der Waals surface area contributed by atoms with E-state index < -0.39 is 45.3 Å². The standard InChI is InChI=1S/C23H31F2N3O4S.C5H9NO2/c1-20(2,3)31-18(29)28(19(30)32-21(4,5)6)17-27-23(8,15-11-22(15,7)33-17)13-9-12(26)10-14(24)16(13)25;7-5-6-1-3-8-4-2-6/h9-10,15H,11,26H2,1-8H3;5H,1-4H2/t15-,22+,23-;/m1./s1. The predicted octanol–water partition coefficient (Wildman–Crippen LogP) is 5.29. The fourth-order valence-electron chi connectivity index (χ4n) is 4.61. The minimum Gasteiger partial charge on any atom is -0.443 e. The third-order valence-electron chi connectivity index (χ3n) is 6.65. The van der Waals surface area contributed by atoms with Gasteiger partial charge in [-0.15, -0.1) is 0 Å². The summed E-state index contributed by atoms with van der Waals surface area (Å²) in [4.78, 5) is 43.3. The summed E-state index contributed by atoms with van der Waals surface area (Å²) in [6, 6.07) is 2.25. The third-order valence-corrected chi connectivity index (χ3v) is 8.03. The van der Waals surface area contributed by atoms with Crippen LogP contribution in [0.4, 0.5) is 24.1 Å². The van der Waals surface area contributed by atoms with Gasteiger partial charge < -0.3 is 24.8 Å². The van der Waals surface area contributed by atoms with E-state index in [9.17, 15) is 23.2 Å². The number of aliphatic imine (C=N–C) groups is 1. The number of ether oxygens (including phenoxy) is 3. The molecule has 228 valence electrons. The van der Waals surface area contributed by atoms with Crippen molar-refractivity contribution in [1.29, 1.82) is 0 Å². The van der Waals surface area contributed by atoms with Crippen LogP contribution in [0.3, 0.4) is 0 Å². The van der Waals surface area contributed by atoms with E-state index in [1.165, 1.54) is 17.8 Å². The summed E-state index contributed by atoms with van der Waals surface area (Å²) >= 11 is 1.22. The lowest BCUT2D eigenvalue weighted by Gasteiger charge is -2.37. The molecule has 1 aromatic rings. The van der Waals surface area contributed by atoms with E-state index in [2.05, 4.69) is 4.99 Å². The smallest absolute Gasteiger partial charge is 0.426 e. The van der Waals surface area contributed by atoms with Crippen molar-refractivity contribution >= 4 is 41.2 Å². The highest BCUT2D eigenvalue weighted by Crippen LogP contribution is 2.66. The number of anilines is 1. The number of amides is 3. The van der Waals surface area contributed by atoms with Crippen molar-refractivity contribution in [3.63, 3.8) is 0 Å². The van der Waals surface area contributed by atoms with Crippen LogP contribution in [0.1, 0.15) is 67.4 Å². The number of carbonyl (C=O) groups excluding carboxylic acids is 3. The van der Waals surface area contributed by atoms with Crippen LogP contribution in [0, 0.1) is 17.6 Å². The van der Waals surface area contributed by atoms with E-state index in [4.69, 9.17) is 19.9 Å². The molecule has 41 heavy (non-hydrogen) atoms. The van der Waals surface area contributed by atoms with Crippen molar-refractivity contribution in [1.82, 2.24) is 9.80 Å². The summed E-state index contributed by atoms with van der Waals surface area (Å²) in [5.74, 6) is -2.30. The molecule has 1 saturated carbocycles. The predicted molar refractivity (Wildman–Crippen MR) is 152 cm³/mol. The minimum atomic E-state index is -1.27. The first-order chi connectivity index (χ1) is 18.8. The maximum atomic E-state index is 14.9. The van der Waals surface area contributed by atoms with Crippen molar-refractivity contribution in [2.24, 2.45) is 10.9 Å². The topological polar surface area (TPSA) is 124 Å². The van der Waals surface area contributed by atoms with E-state index in [0.29, 0.717) is 19.6 Å². The van der Waals surface area contributed by atoms with E-state index in [-0.39, 0.29) is 22.3 Å². The Bertz CT molecular complexity index is 1180. The molecule has 1 aliphatic carbocycles. The van der Waals surface area contributed by atoms with Crippen molar-refractivity contribution in [3.05, 3.63) is 29.3 Å². The van der Waals surface area contributed by atoms with Gasteiger partial charge in [0.25, 0.3) is 0 Å². The molecule has 2 N–H and O–H groups in total. The number of hydrogen-bond acceptors (Lipinski definition) is 9. The van der Waals surface area contributed by atoms with Crippen LogP contribution >= 0.6 is 11.8 Å². The number of nitrogens with zero attached hydrogens (tertiary/aromatic N) is 3. The van der Waals surface area contributed by atoms with E-state index >= 15 is 0 Å². The van der Waals surface area contributed by atoms with Crippen LogP contribution in [0.15, 0.2) is 17.1 Å². The molecule has 0 aromatic heterocycles. The summed E-state index contributed by atoms with van der Waals surface area (Å²) in [5.41, 5.74) is 2.77. The maximum Gasteiger partial charge on any atom is 0.426 e. The molecule has 0 spiro atoms. The molecule has 2 aliphatic heterocycles. The van der Waals surface area contributed by atoms with Gasteiger partial charge in [0.1, 0.15) is 11.2 Å². The summed E-state index contributed by atoms with van der Waals surface area (Å²) < 4.78 is 44.6. The number of imide groups is 1. The first kappa shape index (κ1) is 32.6. The second-order valence-electron chi connectivity index (χ2n) is 12.6. The Morgan fingerprint density at radius 1 is 1.10 bits per heavy atom. The van der Waals surface area contributed by atoms with Crippen LogP contribution < -0.4 is 5.73 Å². The second-order valence-corrected chi connectivity index (χ2v) is 14.1. The number of morpholine rings is 1. The zero-order chi connectivity index (χ0) is 31.0. The molecule has 10 nitrogen and oxygen atoms in total. The number of amidine groups is 1. The van der Waals surface area contributed by atoms with Gasteiger partial charge in [0, 0.05) is 35.0 Å². The third kappa shape index (κ3) is 7.88. The molecule has 2 heterocycles. The molecular formula is C28H40F2N4O6S. The molecule has 1 aromatic carbocycles. The summed E-state index contributed by atoms with van der Waals surface area (Å²) in [6.45, 7) is 16.5. The molecule has 3 aliphatic rings. The number of nitrogen functional groups attached to an aromatic ring is 1. The summed E-state index contributed by atoms with van der Waals surface area (Å²) in [5, 5.41) is -0.000479. The zero-order valence-corrected chi connectivity index (χ0v) is 25.7. The SMILES string of the molecule is CC(C)(C)OC(=O)N(C(=O)OC(C)(C)C)C1=N[C@](C)(c2cc(N)cc(F)c2F)[C@@H]2C[C@]2(C)S1.O=CN1CCOCC1. The summed E-state index contributed by atoms with van der Waals surface area (Å²) in [7, 11) is 0. The largest absolute Gasteiger partial charge is 0.443 e. The molecular weight excluding hydrogens is 558 g/mol. The highest BCUT2D eigenvalue weighted by molar-refractivity contribution is 8.15. The fourth-order valence-corrected chi connectivity index (χ4v) is 6.13. The number of halogens is 2. The number of nitrogens with two attached hydrogens (primary N) is 1. The van der Waals surface area contributed by atoms with Gasteiger partial charge in [-0.2, -0.15) is 4.90 Å². The highest BCUT2D eigenvalue weighted by Gasteiger charge is 2.65. The van der Waals surface area contributed by atoms with Crippen LogP contribution in [0.5, 0.6) is 0 Å². The number of thioether (sulfide) groups is 1. The number of fused-ring (bicyclic) bond motifs is 1. The van der Waals surface area contributed by atoms with Gasteiger partial charge in [0.2, 0.25) is 6.41 Å². The average molecular weight is 599 g/mol. The minimum absolute atomic E-state index is 0.000479. The van der Waals surface area contributed by atoms with Crippen molar-refractivity contribution in [3.8, 4) is 0 Å². The second kappa shape index (κ2) is 11.7. The van der Waals surface area contributed by atoms with Gasteiger partial charge in [0.15, 0.2) is 16.8 Å². The van der Waals surface area contributed by atoms with E-state index in [1.54, 1.807) is 53.4 Å². The van der Waals surface area contributed by atoms with Crippen molar-refractivity contribution in [2.45, 2.75) is 83.3 Å². The Labute approximate surface area is 243 Å². The highest BCUT2D eigenvalue weighted by atomic mass is 32.2. The Kier molecular flexibility index (Phi) is 9.34. The number of hydrogen-bond donors (Lipinski definition) is 1. The Morgan fingerprint density at radius 2 is 1.63 bits per heavy atom. The lowest BCUT2D eigenvalue weighted by Crippen LogP contribution is -2.48. The lowest BCUT2D eigenvalue weighted by atomic mass is 9.85. The first-order valence-corrected chi connectivity index (χ1v) is 14.2. The van der Waals surface area contributed by atoms with E-state index in [0.717, 1.165) is 30.5 Å². The maximum absolute atomic E-state index is 14.9. The van der Waals surface area contributed by atoms with Crippen molar-refractivity contribution in [2.75, 3.05) is 32.0 Å². The first-order valence-electron chi connectivity index (χ1n) is 13.4. The normalized spacial score (nSPS) is 25.6. The zero-order valence-electron chi connectivity index (χ0n) is 24.9. The molecule has 0 unspecified atom stereocenters. The Morgan fingerprint density at radius 3 is 2.10 bits per heavy atom. The van der Waals surface area contributed by atoms with Gasteiger partial charge in [-0.1, -0.05) is 11.8 Å². The van der Waals surface area contributed by atoms with Gasteiger partial charge in [-0.3, -0.25) is 4.79 Å². The molecule has 2 fully saturated rings. The molecule has 4 rings (SSSR count). The quantitative estimate of drug-likeness (QED) is 0.360. The molecule has 3 amide bonds. The number of rotatable bonds is 2. The van der Waals surface area contributed by atoms with Gasteiger partial charge >= 0.3 is 12.2 Å². The van der Waals surface area contributed by atoms with Gasteiger partial charge in [0.05, 0.1) is 18.8 Å². The number of carbonyl (C=O) groups is 3. The van der Waals surface area contributed by atoms with E-state index in [1.807, 2.05) is 6.92 Å².